The Bertz CT molecular complexity index is 1490. The Balaban J connectivity index is 1.46. The van der Waals surface area contributed by atoms with Crippen molar-refractivity contribution < 1.29 is 9.50 Å². The van der Waals surface area contributed by atoms with Crippen molar-refractivity contribution in [2.45, 2.75) is 25.8 Å². The molecule has 0 spiro atoms. The number of benzene rings is 2. The molecule has 0 atom stereocenters. The third kappa shape index (κ3) is 5.06. The Labute approximate surface area is 226 Å². The lowest BCUT2D eigenvalue weighted by Crippen LogP contribution is -2.46. The number of nitrogens with zero attached hydrogens (tertiary/aromatic N) is 5. The highest BCUT2D eigenvalue weighted by Gasteiger charge is 2.31. The SMILES string of the molecule is C=N/C(=C\C(=C/C)c1cc(F)cc(-c2ccc(-n3ccn(C)c3=O)c(Cl)c2)c1O)N1CCN(C2CC2)CC1. The van der Waals surface area contributed by atoms with Gasteiger partial charge in [-0.1, -0.05) is 23.7 Å². The molecule has 0 amide bonds. The zero-order valence-electron chi connectivity index (χ0n) is 21.6. The Kier molecular flexibility index (Phi) is 7.27. The fraction of sp³-hybridized carbons (Fsp3) is 0.310. The number of phenolic OH excluding ortho intramolecular Hbond substituents is 1. The van der Waals surface area contributed by atoms with Crippen molar-refractivity contribution in [3.05, 3.63) is 87.6 Å². The number of aryl methyl sites for hydroxylation is 1. The quantitative estimate of drug-likeness (QED) is 0.339. The van der Waals surface area contributed by atoms with Crippen LogP contribution in [0.3, 0.4) is 0 Å². The minimum atomic E-state index is -0.494. The molecule has 2 fully saturated rings. The van der Waals surface area contributed by atoms with E-state index in [4.69, 9.17) is 11.6 Å². The molecule has 0 radical (unpaired) electrons. The first-order chi connectivity index (χ1) is 18.3. The second kappa shape index (κ2) is 10.6. The van der Waals surface area contributed by atoms with E-state index in [1.807, 2.05) is 19.1 Å². The molecule has 5 rings (SSSR count). The van der Waals surface area contributed by atoms with E-state index in [2.05, 4.69) is 21.5 Å². The number of imidazole rings is 1. The molecule has 0 bridgehead atoms. The number of aromatic nitrogens is 2. The van der Waals surface area contributed by atoms with Gasteiger partial charge in [0.05, 0.1) is 10.7 Å². The summed E-state index contributed by atoms with van der Waals surface area (Å²) in [6.07, 6.45) is 9.50. The number of aliphatic imine (C=N–C) groups is 1. The maximum atomic E-state index is 14.9. The minimum absolute atomic E-state index is 0.0709. The third-order valence-electron chi connectivity index (χ3n) is 7.31. The van der Waals surface area contributed by atoms with Gasteiger partial charge >= 0.3 is 5.69 Å². The fourth-order valence-corrected chi connectivity index (χ4v) is 5.28. The zero-order chi connectivity index (χ0) is 27.0. The largest absolute Gasteiger partial charge is 0.507 e. The van der Waals surface area contributed by atoms with Gasteiger partial charge in [0.1, 0.15) is 17.4 Å². The van der Waals surface area contributed by atoms with E-state index < -0.39 is 5.82 Å². The molecule has 3 aromatic rings. The molecule has 198 valence electrons. The molecule has 38 heavy (non-hydrogen) atoms. The van der Waals surface area contributed by atoms with Crippen molar-refractivity contribution >= 4 is 23.9 Å². The summed E-state index contributed by atoms with van der Waals surface area (Å²) in [5.74, 6) is 0.129. The second-order valence-corrected chi connectivity index (χ2v) is 10.1. The smallest absolute Gasteiger partial charge is 0.332 e. The molecule has 1 saturated heterocycles. The van der Waals surface area contributed by atoms with Crippen LogP contribution in [0.5, 0.6) is 5.75 Å². The Morgan fingerprint density at radius 3 is 2.47 bits per heavy atom. The van der Waals surface area contributed by atoms with E-state index in [9.17, 15) is 14.3 Å². The summed E-state index contributed by atoms with van der Waals surface area (Å²) in [6, 6.07) is 8.33. The monoisotopic (exact) mass is 535 g/mol. The number of piperazine rings is 1. The summed E-state index contributed by atoms with van der Waals surface area (Å²) in [4.78, 5) is 21.3. The Morgan fingerprint density at radius 2 is 1.89 bits per heavy atom. The molecule has 7 nitrogen and oxygen atoms in total. The normalized spacial score (nSPS) is 17.2. The highest BCUT2D eigenvalue weighted by atomic mass is 35.5. The average molecular weight is 536 g/mol. The predicted molar refractivity (Wildman–Crippen MR) is 151 cm³/mol. The molecule has 1 aliphatic carbocycles. The molecule has 0 unspecified atom stereocenters. The number of allylic oxidation sites excluding steroid dienone is 3. The summed E-state index contributed by atoms with van der Waals surface area (Å²) in [6.45, 7) is 9.23. The first kappa shape index (κ1) is 26.0. The number of aromatic hydroxyl groups is 1. The maximum Gasteiger partial charge on any atom is 0.332 e. The van der Waals surface area contributed by atoms with Crippen molar-refractivity contribution in [1.82, 2.24) is 18.9 Å². The summed E-state index contributed by atoms with van der Waals surface area (Å²) in [5.41, 5.74) is 2.07. The van der Waals surface area contributed by atoms with Crippen molar-refractivity contribution in [3.63, 3.8) is 0 Å². The van der Waals surface area contributed by atoms with Crippen LogP contribution in [0.4, 0.5) is 4.39 Å². The van der Waals surface area contributed by atoms with Gasteiger partial charge in [-0.05, 0) is 68.0 Å². The molecule has 1 aromatic heterocycles. The van der Waals surface area contributed by atoms with E-state index in [1.165, 1.54) is 34.1 Å². The lowest BCUT2D eigenvalue weighted by molar-refractivity contribution is 0.151. The van der Waals surface area contributed by atoms with Crippen LogP contribution in [0.15, 0.2) is 70.5 Å². The van der Waals surface area contributed by atoms with Gasteiger partial charge in [-0.3, -0.25) is 9.47 Å². The van der Waals surface area contributed by atoms with Crippen molar-refractivity contribution in [2.24, 2.45) is 12.0 Å². The highest BCUT2D eigenvalue weighted by Crippen LogP contribution is 2.39. The van der Waals surface area contributed by atoms with Crippen LogP contribution in [0.1, 0.15) is 25.3 Å². The van der Waals surface area contributed by atoms with Crippen LogP contribution < -0.4 is 5.69 Å². The molecule has 1 aliphatic heterocycles. The van der Waals surface area contributed by atoms with Crippen LogP contribution >= 0.6 is 11.6 Å². The molecule has 2 aromatic carbocycles. The van der Waals surface area contributed by atoms with Gasteiger partial charge in [-0.15, -0.1) is 0 Å². The first-order valence-corrected chi connectivity index (χ1v) is 13.1. The minimum Gasteiger partial charge on any atom is -0.507 e. The number of rotatable bonds is 7. The molecule has 2 aliphatic rings. The molecule has 1 N–H and O–H groups in total. The predicted octanol–water partition coefficient (Wildman–Crippen LogP) is 5.07. The van der Waals surface area contributed by atoms with Crippen molar-refractivity contribution in [2.75, 3.05) is 26.2 Å². The molecule has 1 saturated carbocycles. The van der Waals surface area contributed by atoms with Crippen molar-refractivity contribution in [3.8, 4) is 22.6 Å². The molecule has 2 heterocycles. The lowest BCUT2D eigenvalue weighted by atomic mass is 9.96. The topological polar surface area (TPSA) is 66.0 Å². The Morgan fingerprint density at radius 1 is 1.16 bits per heavy atom. The number of phenols is 1. The summed E-state index contributed by atoms with van der Waals surface area (Å²) < 4.78 is 17.8. The zero-order valence-corrected chi connectivity index (χ0v) is 22.3. The van der Waals surface area contributed by atoms with E-state index in [0.717, 1.165) is 32.2 Å². The first-order valence-electron chi connectivity index (χ1n) is 12.7. The van der Waals surface area contributed by atoms with E-state index in [-0.39, 0.29) is 11.4 Å². The second-order valence-electron chi connectivity index (χ2n) is 9.74. The number of halogens is 2. The van der Waals surface area contributed by atoms with E-state index in [0.29, 0.717) is 38.8 Å². The van der Waals surface area contributed by atoms with Gasteiger partial charge < -0.3 is 14.6 Å². The molecule has 9 heteroatoms. The van der Waals surface area contributed by atoms with Crippen LogP contribution in [-0.4, -0.2) is 63.0 Å². The Hall–Kier alpha value is -3.62. The number of hydrogen-bond acceptors (Lipinski definition) is 5. The average Bonchev–Trinajstić information content (AvgIpc) is 3.72. The van der Waals surface area contributed by atoms with Crippen LogP contribution in [0.2, 0.25) is 5.02 Å². The summed E-state index contributed by atoms with van der Waals surface area (Å²) in [7, 11) is 1.65. The van der Waals surface area contributed by atoms with Crippen molar-refractivity contribution in [1.29, 1.82) is 0 Å². The maximum absolute atomic E-state index is 14.9. The van der Waals surface area contributed by atoms with Gasteiger partial charge in [0.2, 0.25) is 0 Å². The summed E-state index contributed by atoms with van der Waals surface area (Å²) >= 11 is 6.53. The van der Waals surface area contributed by atoms with Crippen LogP contribution in [-0.2, 0) is 7.05 Å². The van der Waals surface area contributed by atoms with Crippen LogP contribution in [0, 0.1) is 5.82 Å². The lowest BCUT2D eigenvalue weighted by Gasteiger charge is -2.36. The molecular formula is C29H31ClFN5O2. The number of hydrogen-bond donors (Lipinski definition) is 1. The standard InChI is InChI=1S/C29H31ClFN5O2/c1-4-19(16-27(32-2)35-12-10-34(11-13-35)22-6-7-22)23-17-21(31)18-24(28(23)37)20-5-8-26(25(30)15-20)36-14-9-33(3)29(36)38/h4-5,8-9,14-18,22,37H,2,6-7,10-13H2,1,3H3/b19-4+,27-16+. The van der Waals surface area contributed by atoms with Crippen LogP contribution in [0.25, 0.3) is 22.4 Å². The van der Waals surface area contributed by atoms with Gasteiger partial charge in [0.15, 0.2) is 0 Å². The van der Waals surface area contributed by atoms with Gasteiger partial charge in [0.25, 0.3) is 0 Å². The molecular weight excluding hydrogens is 505 g/mol. The highest BCUT2D eigenvalue weighted by molar-refractivity contribution is 6.32. The fourth-order valence-electron chi connectivity index (χ4n) is 5.01. The van der Waals surface area contributed by atoms with Gasteiger partial charge in [0, 0.05) is 62.8 Å². The van der Waals surface area contributed by atoms with Gasteiger partial charge in [-0.2, -0.15) is 0 Å². The summed E-state index contributed by atoms with van der Waals surface area (Å²) in [5, 5.41) is 11.6. The van der Waals surface area contributed by atoms with E-state index >= 15 is 0 Å². The van der Waals surface area contributed by atoms with E-state index in [1.54, 1.807) is 37.6 Å². The third-order valence-corrected chi connectivity index (χ3v) is 7.61. The van der Waals surface area contributed by atoms with Gasteiger partial charge in [-0.25, -0.2) is 14.2 Å².